The van der Waals surface area contributed by atoms with Crippen LogP contribution >= 0.6 is 0 Å². The van der Waals surface area contributed by atoms with Crippen molar-refractivity contribution in [2.75, 3.05) is 32.8 Å². The molecule has 1 rings (SSSR count). The summed E-state index contributed by atoms with van der Waals surface area (Å²) in [6.07, 6.45) is 2.33. The Balaban J connectivity index is 2.18. The van der Waals surface area contributed by atoms with E-state index in [1.54, 1.807) is 0 Å². The Morgan fingerprint density at radius 2 is 2.00 bits per heavy atom. The van der Waals surface area contributed by atoms with E-state index in [-0.39, 0.29) is 5.91 Å². The van der Waals surface area contributed by atoms with Crippen molar-refractivity contribution in [1.82, 2.24) is 10.2 Å². The highest BCUT2D eigenvalue weighted by molar-refractivity contribution is 5.78. The van der Waals surface area contributed by atoms with Crippen LogP contribution in [0.15, 0.2) is 0 Å². The van der Waals surface area contributed by atoms with Crippen molar-refractivity contribution in [3.05, 3.63) is 0 Å². The Morgan fingerprint density at radius 1 is 1.35 bits per heavy atom. The van der Waals surface area contributed by atoms with E-state index in [9.17, 15) is 4.79 Å². The highest BCUT2D eigenvalue weighted by atomic mass is 16.5. The fraction of sp³-hybridized carbons (Fsp3) is 0.923. The summed E-state index contributed by atoms with van der Waals surface area (Å²) < 4.78 is 5.23. The summed E-state index contributed by atoms with van der Waals surface area (Å²) in [7, 11) is 0. The molecule has 1 saturated heterocycles. The molecule has 4 nitrogen and oxygen atoms in total. The highest BCUT2D eigenvalue weighted by Crippen LogP contribution is 2.09. The van der Waals surface area contributed by atoms with Crippen molar-refractivity contribution in [2.45, 2.75) is 39.7 Å². The minimum atomic E-state index is 0.198. The van der Waals surface area contributed by atoms with E-state index in [4.69, 9.17) is 4.74 Å². The second-order valence-corrected chi connectivity index (χ2v) is 5.02. The SMILES string of the molecule is CCC(C)CC(C)NCC(=O)N1CCOCC1. The molecule has 0 saturated carbocycles. The molecule has 17 heavy (non-hydrogen) atoms. The van der Waals surface area contributed by atoms with E-state index in [2.05, 4.69) is 26.1 Å². The maximum absolute atomic E-state index is 11.9. The average Bonchev–Trinajstić information content (AvgIpc) is 2.36. The van der Waals surface area contributed by atoms with Crippen LogP contribution in [0.5, 0.6) is 0 Å². The number of nitrogens with zero attached hydrogens (tertiary/aromatic N) is 1. The molecule has 0 aromatic rings. The number of nitrogens with one attached hydrogen (secondary N) is 1. The largest absolute Gasteiger partial charge is 0.378 e. The molecular weight excluding hydrogens is 216 g/mol. The summed E-state index contributed by atoms with van der Waals surface area (Å²) in [5.74, 6) is 0.917. The van der Waals surface area contributed by atoms with Crippen LogP contribution in [0.25, 0.3) is 0 Å². The highest BCUT2D eigenvalue weighted by Gasteiger charge is 2.17. The number of hydrogen-bond donors (Lipinski definition) is 1. The van der Waals surface area contributed by atoms with E-state index >= 15 is 0 Å². The summed E-state index contributed by atoms with van der Waals surface area (Å²) in [5, 5.41) is 3.31. The van der Waals surface area contributed by atoms with Gasteiger partial charge in [0.2, 0.25) is 5.91 Å². The zero-order chi connectivity index (χ0) is 12.7. The molecule has 0 aromatic heterocycles. The number of ether oxygens (including phenoxy) is 1. The van der Waals surface area contributed by atoms with Gasteiger partial charge in [0.15, 0.2) is 0 Å². The fourth-order valence-electron chi connectivity index (χ4n) is 2.04. The first-order valence-corrected chi connectivity index (χ1v) is 6.72. The van der Waals surface area contributed by atoms with Gasteiger partial charge in [-0.1, -0.05) is 20.3 Å². The summed E-state index contributed by atoms with van der Waals surface area (Å²) in [6, 6.07) is 0.412. The lowest BCUT2D eigenvalue weighted by molar-refractivity contribution is -0.134. The molecule has 2 atom stereocenters. The normalized spacial score (nSPS) is 20.1. The lowest BCUT2D eigenvalue weighted by Gasteiger charge is -2.27. The molecule has 0 aliphatic carbocycles. The Hall–Kier alpha value is -0.610. The second-order valence-electron chi connectivity index (χ2n) is 5.02. The van der Waals surface area contributed by atoms with Crippen molar-refractivity contribution < 1.29 is 9.53 Å². The van der Waals surface area contributed by atoms with Crippen molar-refractivity contribution in [2.24, 2.45) is 5.92 Å². The predicted octanol–water partition coefficient (Wildman–Crippen LogP) is 1.26. The Morgan fingerprint density at radius 3 is 2.59 bits per heavy atom. The molecule has 1 N–H and O–H groups in total. The van der Waals surface area contributed by atoms with Crippen LogP contribution in [0.3, 0.4) is 0 Å². The quantitative estimate of drug-likeness (QED) is 0.762. The molecule has 4 heteroatoms. The molecule has 1 fully saturated rings. The van der Waals surface area contributed by atoms with Crippen LogP contribution in [-0.4, -0.2) is 49.7 Å². The number of rotatable bonds is 6. The minimum absolute atomic E-state index is 0.198. The van der Waals surface area contributed by atoms with Crippen molar-refractivity contribution in [3.63, 3.8) is 0 Å². The number of hydrogen-bond acceptors (Lipinski definition) is 3. The summed E-state index contributed by atoms with van der Waals surface area (Å²) >= 11 is 0. The molecule has 1 heterocycles. The van der Waals surface area contributed by atoms with Gasteiger partial charge in [0.1, 0.15) is 0 Å². The molecule has 1 aliphatic heterocycles. The molecule has 0 spiro atoms. The van der Waals surface area contributed by atoms with Gasteiger partial charge in [-0.15, -0.1) is 0 Å². The summed E-state index contributed by atoms with van der Waals surface area (Å²) in [5.41, 5.74) is 0. The molecule has 2 unspecified atom stereocenters. The Kier molecular flexibility index (Phi) is 6.52. The van der Waals surface area contributed by atoms with Gasteiger partial charge in [0.25, 0.3) is 0 Å². The number of carbonyl (C=O) groups excluding carboxylic acids is 1. The van der Waals surface area contributed by atoms with E-state index in [1.807, 2.05) is 4.90 Å². The van der Waals surface area contributed by atoms with Crippen LogP contribution in [0.2, 0.25) is 0 Å². The second kappa shape index (κ2) is 7.67. The van der Waals surface area contributed by atoms with Gasteiger partial charge < -0.3 is 15.0 Å². The van der Waals surface area contributed by atoms with E-state index in [0.717, 1.165) is 25.4 Å². The number of morpholine rings is 1. The molecular formula is C13H26N2O2. The Labute approximate surface area is 105 Å². The monoisotopic (exact) mass is 242 g/mol. The molecule has 1 amide bonds. The van der Waals surface area contributed by atoms with Crippen molar-refractivity contribution >= 4 is 5.91 Å². The van der Waals surface area contributed by atoms with Crippen LogP contribution in [0, 0.1) is 5.92 Å². The maximum Gasteiger partial charge on any atom is 0.236 e. The van der Waals surface area contributed by atoms with E-state index in [0.29, 0.717) is 25.8 Å². The van der Waals surface area contributed by atoms with Gasteiger partial charge in [-0.3, -0.25) is 4.79 Å². The molecule has 1 aliphatic rings. The standard InChI is InChI=1S/C13H26N2O2/c1-4-11(2)9-12(3)14-10-13(16)15-5-7-17-8-6-15/h11-12,14H,4-10H2,1-3H3. The van der Waals surface area contributed by atoms with Crippen LogP contribution in [-0.2, 0) is 9.53 Å². The predicted molar refractivity (Wildman–Crippen MR) is 68.9 cm³/mol. The summed E-state index contributed by atoms with van der Waals surface area (Å²) in [4.78, 5) is 13.7. The van der Waals surface area contributed by atoms with Crippen LogP contribution in [0.1, 0.15) is 33.6 Å². The third kappa shape index (κ3) is 5.50. The van der Waals surface area contributed by atoms with Gasteiger partial charge >= 0.3 is 0 Å². The van der Waals surface area contributed by atoms with Crippen LogP contribution in [0.4, 0.5) is 0 Å². The van der Waals surface area contributed by atoms with Crippen molar-refractivity contribution in [3.8, 4) is 0 Å². The van der Waals surface area contributed by atoms with E-state index in [1.165, 1.54) is 6.42 Å². The third-order valence-corrected chi connectivity index (χ3v) is 3.42. The van der Waals surface area contributed by atoms with Crippen molar-refractivity contribution in [1.29, 1.82) is 0 Å². The zero-order valence-electron chi connectivity index (χ0n) is 11.4. The average molecular weight is 242 g/mol. The molecule has 0 aromatic carbocycles. The topological polar surface area (TPSA) is 41.6 Å². The van der Waals surface area contributed by atoms with Gasteiger partial charge in [-0.2, -0.15) is 0 Å². The number of carbonyl (C=O) groups is 1. The molecule has 0 radical (unpaired) electrons. The lowest BCUT2D eigenvalue weighted by atomic mass is 10.0. The third-order valence-electron chi connectivity index (χ3n) is 3.42. The van der Waals surface area contributed by atoms with E-state index < -0.39 is 0 Å². The minimum Gasteiger partial charge on any atom is -0.378 e. The van der Waals surface area contributed by atoms with Crippen LogP contribution < -0.4 is 5.32 Å². The first-order chi connectivity index (χ1) is 8.13. The molecule has 0 bridgehead atoms. The van der Waals surface area contributed by atoms with Gasteiger partial charge in [-0.25, -0.2) is 0 Å². The summed E-state index contributed by atoms with van der Waals surface area (Å²) in [6.45, 7) is 9.89. The lowest BCUT2D eigenvalue weighted by Crippen LogP contribution is -2.46. The van der Waals surface area contributed by atoms with Gasteiger partial charge in [0, 0.05) is 19.1 Å². The maximum atomic E-state index is 11.9. The first kappa shape index (κ1) is 14.5. The van der Waals surface area contributed by atoms with Gasteiger partial charge in [0.05, 0.1) is 19.8 Å². The Bertz CT molecular complexity index is 227. The molecule has 100 valence electrons. The fourth-order valence-corrected chi connectivity index (χ4v) is 2.04. The first-order valence-electron chi connectivity index (χ1n) is 6.72. The smallest absolute Gasteiger partial charge is 0.236 e. The zero-order valence-corrected chi connectivity index (χ0v) is 11.4. The van der Waals surface area contributed by atoms with Gasteiger partial charge in [-0.05, 0) is 19.3 Å². The number of amides is 1.